The molecule has 0 spiro atoms. The Labute approximate surface area is 62.4 Å². The largest absolute Gasteiger partial charge is 0.193 e. The van der Waals surface area contributed by atoms with Crippen LogP contribution in [-0.4, -0.2) is 0 Å². The fourth-order valence-corrected chi connectivity index (χ4v) is 1.56. The molecule has 0 aromatic heterocycles. The van der Waals surface area contributed by atoms with Gasteiger partial charge in [0.15, 0.2) is 0 Å². The van der Waals surface area contributed by atoms with Crippen molar-refractivity contribution in [2.45, 2.75) is 32.1 Å². The lowest BCUT2D eigenvalue weighted by atomic mass is 10.0. The second kappa shape index (κ2) is 4.11. The van der Waals surface area contributed by atoms with Gasteiger partial charge in [0.1, 0.15) is 0 Å². The van der Waals surface area contributed by atoms with E-state index in [1.807, 2.05) is 12.1 Å². The van der Waals surface area contributed by atoms with Gasteiger partial charge in [0, 0.05) is 6.08 Å². The summed E-state index contributed by atoms with van der Waals surface area (Å²) in [5.41, 5.74) is 0. The van der Waals surface area contributed by atoms with Crippen molar-refractivity contribution < 1.29 is 0 Å². The molecule has 0 N–H and O–H groups in total. The molecule has 1 saturated carbocycles. The molecule has 1 aliphatic carbocycles. The first kappa shape index (κ1) is 7.34. The number of hydrogen-bond acceptors (Lipinski definition) is 1. The van der Waals surface area contributed by atoms with Crippen molar-refractivity contribution in [1.82, 2.24) is 0 Å². The van der Waals surface area contributed by atoms with Gasteiger partial charge < -0.3 is 0 Å². The van der Waals surface area contributed by atoms with E-state index in [2.05, 4.69) is 0 Å². The molecule has 0 aliphatic heterocycles. The first-order chi connectivity index (χ1) is 4.93. The summed E-state index contributed by atoms with van der Waals surface area (Å²) in [6.07, 6.45) is 10.2. The highest BCUT2D eigenvalue weighted by atomic mass is 14.2. The first-order valence-corrected chi connectivity index (χ1v) is 3.98. The molecular weight excluding hydrogens is 122 g/mol. The molecule has 1 heteroatoms. The molecule has 0 amide bonds. The van der Waals surface area contributed by atoms with Gasteiger partial charge in [-0.3, -0.25) is 0 Å². The Bertz CT molecular complexity index is 147. The maximum absolute atomic E-state index is 8.20. The number of hydrogen-bond donors (Lipinski definition) is 0. The molecule has 0 bridgehead atoms. The van der Waals surface area contributed by atoms with Crippen molar-refractivity contribution in [1.29, 1.82) is 5.26 Å². The van der Waals surface area contributed by atoms with E-state index < -0.39 is 0 Å². The first-order valence-electron chi connectivity index (χ1n) is 3.98. The number of nitriles is 1. The van der Waals surface area contributed by atoms with E-state index in [9.17, 15) is 0 Å². The Morgan fingerprint density at radius 1 is 1.40 bits per heavy atom. The van der Waals surface area contributed by atoms with Crippen molar-refractivity contribution in [3.05, 3.63) is 12.2 Å². The Morgan fingerprint density at radius 2 is 2.10 bits per heavy atom. The lowest BCUT2D eigenvalue weighted by molar-refractivity contribution is 0.558. The Kier molecular flexibility index (Phi) is 3.02. The predicted octanol–water partition coefficient (Wildman–Crippen LogP) is 2.65. The summed E-state index contributed by atoms with van der Waals surface area (Å²) in [5.74, 6) is 0.879. The summed E-state index contributed by atoms with van der Waals surface area (Å²) in [5, 5.41) is 8.20. The summed E-state index contributed by atoms with van der Waals surface area (Å²) >= 11 is 0. The predicted molar refractivity (Wildman–Crippen MR) is 41.3 cm³/mol. The SMILES string of the molecule is N#CC=CCC1CCCC1. The summed E-state index contributed by atoms with van der Waals surface area (Å²) in [6.45, 7) is 0. The third-order valence-corrected chi connectivity index (χ3v) is 2.14. The fraction of sp³-hybridized carbons (Fsp3) is 0.667. The van der Waals surface area contributed by atoms with Crippen molar-refractivity contribution in [3.8, 4) is 6.07 Å². The summed E-state index contributed by atoms with van der Waals surface area (Å²) < 4.78 is 0. The average molecular weight is 135 g/mol. The maximum atomic E-state index is 8.20. The highest BCUT2D eigenvalue weighted by Gasteiger charge is 2.12. The minimum Gasteiger partial charge on any atom is -0.193 e. The van der Waals surface area contributed by atoms with E-state index in [0.29, 0.717) is 0 Å². The number of nitrogens with zero attached hydrogens (tertiary/aromatic N) is 1. The van der Waals surface area contributed by atoms with Gasteiger partial charge in [0.2, 0.25) is 0 Å². The van der Waals surface area contributed by atoms with Crippen LogP contribution in [-0.2, 0) is 0 Å². The molecule has 0 heterocycles. The lowest BCUT2D eigenvalue weighted by Gasteiger charge is -2.01. The molecule has 0 saturated heterocycles. The summed E-state index contributed by atoms with van der Waals surface area (Å²) in [4.78, 5) is 0. The minimum atomic E-state index is 0.879. The van der Waals surface area contributed by atoms with Crippen LogP contribution in [0, 0.1) is 17.2 Å². The zero-order valence-corrected chi connectivity index (χ0v) is 6.21. The molecule has 54 valence electrons. The maximum Gasteiger partial charge on any atom is 0.0908 e. The highest BCUT2D eigenvalue weighted by Crippen LogP contribution is 2.27. The molecule has 1 rings (SSSR count). The van der Waals surface area contributed by atoms with Crippen molar-refractivity contribution in [2.24, 2.45) is 5.92 Å². The quantitative estimate of drug-likeness (QED) is 0.534. The number of rotatable bonds is 2. The normalized spacial score (nSPS) is 19.9. The van der Waals surface area contributed by atoms with Crippen LogP contribution < -0.4 is 0 Å². The summed E-state index contributed by atoms with van der Waals surface area (Å²) in [7, 11) is 0. The second-order valence-corrected chi connectivity index (χ2v) is 2.92. The van der Waals surface area contributed by atoms with Crippen molar-refractivity contribution in [2.75, 3.05) is 0 Å². The molecule has 10 heavy (non-hydrogen) atoms. The molecule has 0 aromatic rings. The van der Waals surface area contributed by atoms with Gasteiger partial charge in [-0.2, -0.15) is 5.26 Å². The van der Waals surface area contributed by atoms with E-state index in [4.69, 9.17) is 5.26 Å². The van der Waals surface area contributed by atoms with Crippen LogP contribution in [0.2, 0.25) is 0 Å². The monoisotopic (exact) mass is 135 g/mol. The van der Waals surface area contributed by atoms with E-state index in [-0.39, 0.29) is 0 Å². The number of allylic oxidation sites excluding steroid dienone is 2. The van der Waals surface area contributed by atoms with E-state index in [1.54, 1.807) is 6.08 Å². The van der Waals surface area contributed by atoms with Gasteiger partial charge in [0.25, 0.3) is 0 Å². The third kappa shape index (κ3) is 2.23. The van der Waals surface area contributed by atoms with Crippen LogP contribution in [0.5, 0.6) is 0 Å². The van der Waals surface area contributed by atoms with Crippen LogP contribution in [0.3, 0.4) is 0 Å². The molecule has 1 nitrogen and oxygen atoms in total. The van der Waals surface area contributed by atoms with Gasteiger partial charge in [-0.25, -0.2) is 0 Å². The summed E-state index contributed by atoms with van der Waals surface area (Å²) in [6, 6.07) is 2.01. The molecule has 1 aliphatic rings. The molecule has 0 radical (unpaired) electrons. The van der Waals surface area contributed by atoms with Crippen LogP contribution in [0.25, 0.3) is 0 Å². The van der Waals surface area contributed by atoms with Crippen molar-refractivity contribution >= 4 is 0 Å². The van der Waals surface area contributed by atoms with Gasteiger partial charge in [-0.15, -0.1) is 0 Å². The van der Waals surface area contributed by atoms with Gasteiger partial charge in [-0.05, 0) is 12.3 Å². The molecule has 1 fully saturated rings. The fourth-order valence-electron chi connectivity index (χ4n) is 1.56. The van der Waals surface area contributed by atoms with E-state index >= 15 is 0 Å². The standard InChI is InChI=1S/C9H13N/c10-8-4-3-7-9-5-1-2-6-9/h3-4,9H,1-2,5-7H2. The topological polar surface area (TPSA) is 23.8 Å². The van der Waals surface area contributed by atoms with Crippen molar-refractivity contribution in [3.63, 3.8) is 0 Å². The molecular formula is C9H13N. The molecule has 0 atom stereocenters. The molecule has 0 unspecified atom stereocenters. The highest BCUT2D eigenvalue weighted by molar-refractivity contribution is 5.02. The van der Waals surface area contributed by atoms with Crippen LogP contribution in [0.4, 0.5) is 0 Å². The Hall–Kier alpha value is -0.770. The van der Waals surface area contributed by atoms with Crippen LogP contribution >= 0.6 is 0 Å². The lowest BCUT2D eigenvalue weighted by Crippen LogP contribution is -1.88. The van der Waals surface area contributed by atoms with E-state index in [1.165, 1.54) is 25.7 Å². The van der Waals surface area contributed by atoms with Gasteiger partial charge >= 0.3 is 0 Å². The smallest absolute Gasteiger partial charge is 0.0908 e. The average Bonchev–Trinajstić information content (AvgIpc) is 2.41. The Balaban J connectivity index is 2.13. The zero-order chi connectivity index (χ0) is 7.23. The van der Waals surface area contributed by atoms with Gasteiger partial charge in [-0.1, -0.05) is 31.8 Å². The minimum absolute atomic E-state index is 0.879. The third-order valence-electron chi connectivity index (χ3n) is 2.14. The second-order valence-electron chi connectivity index (χ2n) is 2.92. The molecule has 0 aromatic carbocycles. The zero-order valence-electron chi connectivity index (χ0n) is 6.21. The Morgan fingerprint density at radius 3 is 2.70 bits per heavy atom. The van der Waals surface area contributed by atoms with Crippen LogP contribution in [0.15, 0.2) is 12.2 Å². The van der Waals surface area contributed by atoms with E-state index in [0.717, 1.165) is 12.3 Å². The van der Waals surface area contributed by atoms with Crippen LogP contribution in [0.1, 0.15) is 32.1 Å². The van der Waals surface area contributed by atoms with Gasteiger partial charge in [0.05, 0.1) is 6.07 Å².